The van der Waals surface area contributed by atoms with Crippen LogP contribution in [0.4, 0.5) is 0 Å². The van der Waals surface area contributed by atoms with Crippen molar-refractivity contribution in [1.29, 1.82) is 0 Å². The number of nitrogens with two attached hydrogens (primary N) is 1. The SMILES string of the molecule is Cc1cc(Cl)cc([C@@H](N)[C@@H](O)C2CCCCC2)c1O.Cl. The predicted octanol–water partition coefficient (Wildman–Crippen LogP) is 3.72. The Labute approximate surface area is 131 Å². The molecule has 1 aliphatic carbocycles. The summed E-state index contributed by atoms with van der Waals surface area (Å²) in [6, 6.07) is 2.77. The molecule has 5 heteroatoms. The van der Waals surface area contributed by atoms with Gasteiger partial charge in [-0.05, 0) is 43.4 Å². The molecule has 1 aromatic rings. The molecule has 0 spiro atoms. The predicted molar refractivity (Wildman–Crippen MR) is 84.6 cm³/mol. The van der Waals surface area contributed by atoms with Crippen LogP contribution >= 0.6 is 24.0 Å². The third kappa shape index (κ3) is 3.79. The summed E-state index contributed by atoms with van der Waals surface area (Å²) in [5, 5.41) is 21.1. The lowest BCUT2D eigenvalue weighted by molar-refractivity contribution is 0.0611. The van der Waals surface area contributed by atoms with Crippen molar-refractivity contribution >= 4 is 24.0 Å². The summed E-state index contributed by atoms with van der Waals surface area (Å²) >= 11 is 6.01. The van der Waals surface area contributed by atoms with Gasteiger partial charge in [0.05, 0.1) is 12.1 Å². The van der Waals surface area contributed by atoms with Gasteiger partial charge in [-0.3, -0.25) is 0 Å². The highest BCUT2D eigenvalue weighted by atomic mass is 35.5. The largest absolute Gasteiger partial charge is 0.507 e. The van der Waals surface area contributed by atoms with Gasteiger partial charge >= 0.3 is 0 Å². The van der Waals surface area contributed by atoms with Crippen LogP contribution in [-0.4, -0.2) is 16.3 Å². The molecule has 1 saturated carbocycles. The van der Waals surface area contributed by atoms with E-state index in [0.29, 0.717) is 16.1 Å². The summed E-state index contributed by atoms with van der Waals surface area (Å²) in [5.41, 5.74) is 7.37. The van der Waals surface area contributed by atoms with Crippen molar-refractivity contribution in [1.82, 2.24) is 0 Å². The molecule has 0 heterocycles. The molecule has 4 N–H and O–H groups in total. The van der Waals surface area contributed by atoms with E-state index in [1.54, 1.807) is 19.1 Å². The number of aromatic hydroxyl groups is 1. The van der Waals surface area contributed by atoms with Crippen molar-refractivity contribution in [3.05, 3.63) is 28.3 Å². The van der Waals surface area contributed by atoms with Crippen molar-refractivity contribution < 1.29 is 10.2 Å². The van der Waals surface area contributed by atoms with E-state index in [1.807, 2.05) is 0 Å². The van der Waals surface area contributed by atoms with Crippen LogP contribution in [0.1, 0.15) is 49.3 Å². The number of rotatable bonds is 3. The number of benzene rings is 1. The van der Waals surface area contributed by atoms with Crippen molar-refractivity contribution in [2.45, 2.75) is 51.2 Å². The first-order chi connectivity index (χ1) is 9.00. The van der Waals surface area contributed by atoms with Crippen LogP contribution < -0.4 is 5.73 Å². The summed E-state index contributed by atoms with van der Waals surface area (Å²) in [6.07, 6.45) is 4.93. The van der Waals surface area contributed by atoms with Crippen LogP contribution in [0.2, 0.25) is 5.02 Å². The first-order valence-corrected chi connectivity index (χ1v) is 7.31. The van der Waals surface area contributed by atoms with Crippen LogP contribution in [0.3, 0.4) is 0 Å². The van der Waals surface area contributed by atoms with Crippen LogP contribution in [0.15, 0.2) is 12.1 Å². The number of aliphatic hydroxyl groups is 1. The lowest BCUT2D eigenvalue weighted by Gasteiger charge is -2.31. The quantitative estimate of drug-likeness (QED) is 0.795. The number of phenols is 1. The van der Waals surface area contributed by atoms with Crippen LogP contribution in [0.5, 0.6) is 5.75 Å². The summed E-state index contributed by atoms with van der Waals surface area (Å²) in [4.78, 5) is 0. The van der Waals surface area contributed by atoms with Crippen LogP contribution in [0.25, 0.3) is 0 Å². The van der Waals surface area contributed by atoms with Crippen LogP contribution in [-0.2, 0) is 0 Å². The molecular weight excluding hydrogens is 297 g/mol. The van der Waals surface area contributed by atoms with Crippen molar-refractivity contribution in [2.24, 2.45) is 11.7 Å². The summed E-state index contributed by atoms with van der Waals surface area (Å²) in [5.74, 6) is 0.370. The number of aliphatic hydroxyl groups excluding tert-OH is 1. The summed E-state index contributed by atoms with van der Waals surface area (Å²) < 4.78 is 0. The Bertz CT molecular complexity index is 448. The zero-order valence-electron chi connectivity index (χ0n) is 11.7. The Morgan fingerprint density at radius 1 is 1.25 bits per heavy atom. The van der Waals surface area contributed by atoms with Gasteiger partial charge in [0.25, 0.3) is 0 Å². The van der Waals surface area contributed by atoms with Crippen molar-refractivity contribution in [2.75, 3.05) is 0 Å². The van der Waals surface area contributed by atoms with Gasteiger partial charge in [-0.1, -0.05) is 30.9 Å². The normalized spacial score (nSPS) is 19.2. The zero-order chi connectivity index (χ0) is 14.0. The fourth-order valence-electron chi connectivity index (χ4n) is 2.97. The van der Waals surface area contributed by atoms with Crippen LogP contribution in [0, 0.1) is 12.8 Å². The van der Waals surface area contributed by atoms with E-state index in [1.165, 1.54) is 6.42 Å². The highest BCUT2D eigenvalue weighted by Crippen LogP contribution is 2.36. The number of hydrogen-bond acceptors (Lipinski definition) is 3. The minimum absolute atomic E-state index is 0. The molecule has 1 aliphatic rings. The molecule has 2 rings (SSSR count). The maximum Gasteiger partial charge on any atom is 0.123 e. The molecule has 0 saturated heterocycles. The molecule has 20 heavy (non-hydrogen) atoms. The van der Waals surface area contributed by atoms with Gasteiger partial charge < -0.3 is 15.9 Å². The van der Waals surface area contributed by atoms with Gasteiger partial charge in [0.15, 0.2) is 0 Å². The Morgan fingerprint density at radius 3 is 2.45 bits per heavy atom. The third-order valence-corrected chi connectivity index (χ3v) is 4.37. The number of phenolic OH excluding ortho intramolecular Hbond substituents is 1. The smallest absolute Gasteiger partial charge is 0.123 e. The minimum atomic E-state index is -0.621. The van der Waals surface area contributed by atoms with E-state index in [9.17, 15) is 10.2 Å². The standard InChI is InChI=1S/C15H22ClNO2.ClH/c1-9-7-11(16)8-12(14(9)18)13(17)15(19)10-5-3-2-4-6-10;/h7-8,10,13,15,18-19H,2-6,17H2,1H3;1H/t13-,15+;/m1./s1. The monoisotopic (exact) mass is 319 g/mol. The Balaban J connectivity index is 0.00000200. The molecule has 0 aromatic heterocycles. The van der Waals surface area contributed by atoms with Gasteiger partial charge in [-0.2, -0.15) is 0 Å². The summed E-state index contributed by atoms with van der Waals surface area (Å²) in [6.45, 7) is 1.78. The van der Waals surface area contributed by atoms with Crippen molar-refractivity contribution in [3.63, 3.8) is 0 Å². The number of halogens is 2. The third-order valence-electron chi connectivity index (χ3n) is 4.15. The van der Waals surface area contributed by atoms with Gasteiger partial charge in [-0.25, -0.2) is 0 Å². The maximum absolute atomic E-state index is 10.4. The fraction of sp³-hybridized carbons (Fsp3) is 0.600. The molecule has 0 radical (unpaired) electrons. The molecule has 0 unspecified atom stereocenters. The molecule has 114 valence electrons. The summed E-state index contributed by atoms with van der Waals surface area (Å²) in [7, 11) is 0. The van der Waals surface area contributed by atoms with E-state index in [4.69, 9.17) is 17.3 Å². The van der Waals surface area contributed by atoms with Gasteiger partial charge in [0.1, 0.15) is 5.75 Å². The van der Waals surface area contributed by atoms with E-state index < -0.39 is 12.1 Å². The lowest BCUT2D eigenvalue weighted by Crippen LogP contribution is -2.34. The molecule has 2 atom stereocenters. The molecule has 0 bridgehead atoms. The van der Waals surface area contributed by atoms with E-state index >= 15 is 0 Å². The molecular formula is C15H23Cl2NO2. The van der Waals surface area contributed by atoms with E-state index in [-0.39, 0.29) is 24.1 Å². The number of hydrogen-bond donors (Lipinski definition) is 3. The Morgan fingerprint density at radius 2 is 1.85 bits per heavy atom. The minimum Gasteiger partial charge on any atom is -0.507 e. The Hall–Kier alpha value is -0.480. The van der Waals surface area contributed by atoms with E-state index in [2.05, 4.69) is 0 Å². The zero-order valence-corrected chi connectivity index (χ0v) is 13.3. The van der Waals surface area contributed by atoms with Gasteiger partial charge in [0, 0.05) is 10.6 Å². The average Bonchev–Trinajstić information content (AvgIpc) is 2.42. The highest BCUT2D eigenvalue weighted by Gasteiger charge is 2.29. The fourth-order valence-corrected chi connectivity index (χ4v) is 3.25. The number of aryl methyl sites for hydroxylation is 1. The highest BCUT2D eigenvalue weighted by molar-refractivity contribution is 6.30. The van der Waals surface area contributed by atoms with Gasteiger partial charge in [-0.15, -0.1) is 12.4 Å². The molecule has 1 aromatic carbocycles. The van der Waals surface area contributed by atoms with Crippen molar-refractivity contribution in [3.8, 4) is 5.75 Å². The Kier molecular flexibility index (Phi) is 6.59. The maximum atomic E-state index is 10.4. The lowest BCUT2D eigenvalue weighted by atomic mass is 9.81. The second-order valence-electron chi connectivity index (χ2n) is 5.57. The molecule has 0 amide bonds. The average molecular weight is 320 g/mol. The second-order valence-corrected chi connectivity index (χ2v) is 6.01. The molecule has 3 nitrogen and oxygen atoms in total. The topological polar surface area (TPSA) is 66.5 Å². The second kappa shape index (κ2) is 7.51. The molecule has 1 fully saturated rings. The molecule has 0 aliphatic heterocycles. The first kappa shape index (κ1) is 17.6. The van der Waals surface area contributed by atoms with Gasteiger partial charge in [0.2, 0.25) is 0 Å². The first-order valence-electron chi connectivity index (χ1n) is 6.93. The van der Waals surface area contributed by atoms with E-state index in [0.717, 1.165) is 25.7 Å².